The Hall–Kier alpha value is -0.870. The van der Waals surface area contributed by atoms with E-state index in [-0.39, 0.29) is 0 Å². The minimum atomic E-state index is 0.843. The zero-order valence-electron chi connectivity index (χ0n) is 11.8. The molecule has 3 heterocycles. The zero-order valence-corrected chi connectivity index (χ0v) is 11.8. The van der Waals surface area contributed by atoms with Crippen molar-refractivity contribution in [3.63, 3.8) is 0 Å². The van der Waals surface area contributed by atoms with E-state index in [2.05, 4.69) is 26.0 Å². The lowest BCUT2D eigenvalue weighted by atomic mass is 9.90. The molecule has 1 N–H and O–H groups in total. The van der Waals surface area contributed by atoms with Crippen molar-refractivity contribution in [2.45, 2.75) is 44.7 Å². The number of aromatic nitrogens is 2. The first kappa shape index (κ1) is 13.1. The minimum absolute atomic E-state index is 0.843. The van der Waals surface area contributed by atoms with Gasteiger partial charge >= 0.3 is 0 Å². The van der Waals surface area contributed by atoms with E-state index in [1.165, 1.54) is 58.3 Å². The van der Waals surface area contributed by atoms with Crippen molar-refractivity contribution in [2.24, 2.45) is 5.92 Å². The fraction of sp³-hybridized carbons (Fsp3) is 0.800. The summed E-state index contributed by atoms with van der Waals surface area (Å²) >= 11 is 0. The molecule has 0 radical (unpaired) electrons. The van der Waals surface area contributed by atoms with Crippen LogP contribution in [0.15, 0.2) is 18.7 Å². The van der Waals surface area contributed by atoms with Gasteiger partial charge in [0.25, 0.3) is 0 Å². The van der Waals surface area contributed by atoms with Crippen LogP contribution in [-0.4, -0.2) is 46.7 Å². The molecule has 0 aliphatic carbocycles. The summed E-state index contributed by atoms with van der Waals surface area (Å²) in [5.74, 6) is 0.893. The number of nitrogens with one attached hydrogen (secondary N) is 1. The molecule has 4 heteroatoms. The molecule has 19 heavy (non-hydrogen) atoms. The van der Waals surface area contributed by atoms with Gasteiger partial charge in [-0.2, -0.15) is 0 Å². The molecule has 0 saturated carbocycles. The first-order chi connectivity index (χ1) is 9.43. The van der Waals surface area contributed by atoms with Crippen molar-refractivity contribution in [1.82, 2.24) is 19.8 Å². The molecule has 0 spiro atoms. The van der Waals surface area contributed by atoms with E-state index in [1.54, 1.807) is 0 Å². The average Bonchev–Trinajstić information content (AvgIpc) is 3.11. The summed E-state index contributed by atoms with van der Waals surface area (Å²) in [6, 6.07) is 0.843. The number of likely N-dealkylation sites (tertiary alicyclic amines) is 1. The van der Waals surface area contributed by atoms with Gasteiger partial charge in [0.05, 0.1) is 6.33 Å². The van der Waals surface area contributed by atoms with E-state index in [0.29, 0.717) is 0 Å². The van der Waals surface area contributed by atoms with Gasteiger partial charge in [-0.25, -0.2) is 4.98 Å². The van der Waals surface area contributed by atoms with Gasteiger partial charge in [-0.05, 0) is 57.7 Å². The van der Waals surface area contributed by atoms with Crippen molar-refractivity contribution in [3.8, 4) is 0 Å². The van der Waals surface area contributed by atoms with E-state index in [1.807, 2.05) is 12.5 Å². The lowest BCUT2D eigenvalue weighted by Crippen LogP contribution is -2.43. The molecule has 2 atom stereocenters. The molecule has 0 aromatic carbocycles. The van der Waals surface area contributed by atoms with Crippen molar-refractivity contribution in [2.75, 3.05) is 26.2 Å². The zero-order chi connectivity index (χ0) is 12.9. The van der Waals surface area contributed by atoms with Crippen LogP contribution in [0.3, 0.4) is 0 Å². The first-order valence-electron chi connectivity index (χ1n) is 7.84. The number of hydrogen-bond acceptors (Lipinski definition) is 3. The first-order valence-corrected chi connectivity index (χ1v) is 7.84. The van der Waals surface area contributed by atoms with Crippen LogP contribution >= 0.6 is 0 Å². The number of nitrogens with zero attached hydrogens (tertiary/aromatic N) is 3. The molecule has 2 aliphatic heterocycles. The smallest absolute Gasteiger partial charge is 0.0945 e. The summed E-state index contributed by atoms with van der Waals surface area (Å²) in [4.78, 5) is 6.85. The molecule has 1 aromatic heterocycles. The second-order valence-electron chi connectivity index (χ2n) is 6.01. The van der Waals surface area contributed by atoms with Gasteiger partial charge in [-0.3, -0.25) is 4.90 Å². The molecule has 106 valence electrons. The number of piperidine rings is 1. The molecule has 0 bridgehead atoms. The standard InChI is InChI=1S/C15H26N4/c1-4-14(12-16-6-1)15-5-2-9-19(15)10-3-8-18-11-7-17-13-18/h7,11,13-16H,1-6,8-10,12H2. The quantitative estimate of drug-likeness (QED) is 0.877. The molecule has 2 aliphatic rings. The second kappa shape index (κ2) is 6.53. The molecule has 3 rings (SSSR count). The summed E-state index contributed by atoms with van der Waals surface area (Å²) in [5.41, 5.74) is 0. The van der Waals surface area contributed by atoms with Gasteiger partial charge in [0.2, 0.25) is 0 Å². The number of aryl methyl sites for hydroxylation is 1. The molecular weight excluding hydrogens is 236 g/mol. The monoisotopic (exact) mass is 262 g/mol. The fourth-order valence-corrected chi connectivity index (χ4v) is 3.75. The Morgan fingerprint density at radius 2 is 2.21 bits per heavy atom. The van der Waals surface area contributed by atoms with Crippen molar-refractivity contribution in [1.29, 1.82) is 0 Å². The molecule has 4 nitrogen and oxygen atoms in total. The maximum atomic E-state index is 4.10. The Kier molecular flexibility index (Phi) is 4.51. The van der Waals surface area contributed by atoms with Crippen LogP contribution in [0.2, 0.25) is 0 Å². The highest BCUT2D eigenvalue weighted by atomic mass is 15.2. The summed E-state index contributed by atoms with van der Waals surface area (Å²) in [5, 5.41) is 3.57. The number of rotatable bonds is 5. The van der Waals surface area contributed by atoms with Crippen LogP contribution in [0.4, 0.5) is 0 Å². The Labute approximate surface area is 116 Å². The third kappa shape index (κ3) is 3.37. The largest absolute Gasteiger partial charge is 0.337 e. The fourth-order valence-electron chi connectivity index (χ4n) is 3.75. The SMILES string of the molecule is c1cn(CCCN2CCCC2C2CCCNC2)cn1. The Balaban J connectivity index is 1.46. The molecular formula is C15H26N4. The predicted octanol–water partition coefficient (Wildman–Crippen LogP) is 1.74. The van der Waals surface area contributed by atoms with Gasteiger partial charge in [0.15, 0.2) is 0 Å². The molecule has 2 unspecified atom stereocenters. The number of imidazole rings is 1. The Morgan fingerprint density at radius 3 is 3.00 bits per heavy atom. The Morgan fingerprint density at radius 1 is 1.21 bits per heavy atom. The van der Waals surface area contributed by atoms with Crippen LogP contribution < -0.4 is 5.32 Å². The third-order valence-electron chi connectivity index (χ3n) is 4.71. The second-order valence-corrected chi connectivity index (χ2v) is 6.01. The molecule has 2 saturated heterocycles. The van der Waals surface area contributed by atoms with Crippen molar-refractivity contribution >= 4 is 0 Å². The maximum absolute atomic E-state index is 4.10. The van der Waals surface area contributed by atoms with Gasteiger partial charge in [0, 0.05) is 31.5 Å². The van der Waals surface area contributed by atoms with Gasteiger partial charge in [-0.1, -0.05) is 0 Å². The van der Waals surface area contributed by atoms with E-state index < -0.39 is 0 Å². The molecule has 2 fully saturated rings. The van der Waals surface area contributed by atoms with Crippen molar-refractivity contribution < 1.29 is 0 Å². The topological polar surface area (TPSA) is 33.1 Å². The summed E-state index contributed by atoms with van der Waals surface area (Å²) in [6.07, 6.45) is 12.7. The lowest BCUT2D eigenvalue weighted by molar-refractivity contribution is 0.162. The summed E-state index contributed by atoms with van der Waals surface area (Å²) in [7, 11) is 0. The van der Waals surface area contributed by atoms with Gasteiger partial charge < -0.3 is 9.88 Å². The number of hydrogen-bond donors (Lipinski definition) is 1. The Bertz CT molecular complexity index is 356. The van der Waals surface area contributed by atoms with E-state index in [4.69, 9.17) is 0 Å². The average molecular weight is 262 g/mol. The molecule has 1 aromatic rings. The summed E-state index contributed by atoms with van der Waals surface area (Å²) in [6.45, 7) is 6.13. The third-order valence-corrected chi connectivity index (χ3v) is 4.71. The molecule has 0 amide bonds. The van der Waals surface area contributed by atoms with Crippen LogP contribution in [0.1, 0.15) is 32.1 Å². The highest BCUT2D eigenvalue weighted by Gasteiger charge is 2.31. The van der Waals surface area contributed by atoms with Crippen LogP contribution in [0, 0.1) is 5.92 Å². The highest BCUT2D eigenvalue weighted by molar-refractivity contribution is 4.88. The van der Waals surface area contributed by atoms with E-state index in [0.717, 1.165) is 18.5 Å². The minimum Gasteiger partial charge on any atom is -0.337 e. The van der Waals surface area contributed by atoms with Crippen LogP contribution in [0.25, 0.3) is 0 Å². The van der Waals surface area contributed by atoms with Gasteiger partial charge in [0.1, 0.15) is 0 Å². The van der Waals surface area contributed by atoms with E-state index >= 15 is 0 Å². The van der Waals surface area contributed by atoms with Crippen LogP contribution in [-0.2, 0) is 6.54 Å². The maximum Gasteiger partial charge on any atom is 0.0945 e. The van der Waals surface area contributed by atoms with Gasteiger partial charge in [-0.15, -0.1) is 0 Å². The summed E-state index contributed by atoms with van der Waals surface area (Å²) < 4.78 is 2.19. The normalized spacial score (nSPS) is 28.8. The van der Waals surface area contributed by atoms with Crippen LogP contribution in [0.5, 0.6) is 0 Å². The lowest BCUT2D eigenvalue weighted by Gasteiger charge is -2.34. The predicted molar refractivity (Wildman–Crippen MR) is 77.0 cm³/mol. The van der Waals surface area contributed by atoms with E-state index in [9.17, 15) is 0 Å². The van der Waals surface area contributed by atoms with Crippen molar-refractivity contribution in [3.05, 3.63) is 18.7 Å². The highest BCUT2D eigenvalue weighted by Crippen LogP contribution is 2.28.